The molecule has 0 aromatic heterocycles. The SMILES string of the molecule is CCOC(=O)C1(C(=O)N(C)C(C)C(=O)O)CC1. The summed E-state index contributed by atoms with van der Waals surface area (Å²) in [6.07, 6.45) is 0.864. The maximum Gasteiger partial charge on any atom is 0.326 e. The molecule has 1 aliphatic carbocycles. The van der Waals surface area contributed by atoms with Gasteiger partial charge in [0.25, 0.3) is 0 Å². The lowest BCUT2D eigenvalue weighted by molar-refractivity contribution is -0.161. The molecule has 0 aliphatic heterocycles. The van der Waals surface area contributed by atoms with Gasteiger partial charge in [0.2, 0.25) is 5.91 Å². The number of carboxylic acids is 1. The van der Waals surface area contributed by atoms with Crippen molar-refractivity contribution in [2.75, 3.05) is 13.7 Å². The molecule has 0 saturated heterocycles. The first-order chi connectivity index (χ1) is 7.86. The van der Waals surface area contributed by atoms with Crippen molar-refractivity contribution in [3.8, 4) is 0 Å². The lowest BCUT2D eigenvalue weighted by atomic mass is 10.1. The highest BCUT2D eigenvalue weighted by atomic mass is 16.5. The van der Waals surface area contributed by atoms with Gasteiger partial charge in [0, 0.05) is 7.05 Å². The summed E-state index contributed by atoms with van der Waals surface area (Å²) in [6, 6.07) is -0.950. The fraction of sp³-hybridized carbons (Fsp3) is 0.727. The van der Waals surface area contributed by atoms with Crippen molar-refractivity contribution in [2.45, 2.75) is 32.7 Å². The molecule has 1 unspecified atom stereocenters. The van der Waals surface area contributed by atoms with Crippen LogP contribution in [-0.2, 0) is 19.1 Å². The van der Waals surface area contributed by atoms with Crippen LogP contribution < -0.4 is 0 Å². The van der Waals surface area contributed by atoms with E-state index < -0.39 is 29.3 Å². The van der Waals surface area contributed by atoms with Crippen LogP contribution in [0.3, 0.4) is 0 Å². The first-order valence-corrected chi connectivity index (χ1v) is 5.54. The average molecular weight is 243 g/mol. The van der Waals surface area contributed by atoms with Crippen molar-refractivity contribution < 1.29 is 24.2 Å². The van der Waals surface area contributed by atoms with Gasteiger partial charge in [-0.2, -0.15) is 0 Å². The van der Waals surface area contributed by atoms with Crippen LogP contribution in [0, 0.1) is 5.41 Å². The lowest BCUT2D eigenvalue weighted by Gasteiger charge is -2.25. The summed E-state index contributed by atoms with van der Waals surface area (Å²) in [5.74, 6) is -2.11. The number of rotatable bonds is 5. The minimum Gasteiger partial charge on any atom is -0.480 e. The second kappa shape index (κ2) is 4.73. The highest BCUT2D eigenvalue weighted by molar-refractivity contribution is 6.06. The molecule has 1 amide bonds. The third kappa shape index (κ3) is 2.40. The van der Waals surface area contributed by atoms with E-state index in [9.17, 15) is 14.4 Å². The van der Waals surface area contributed by atoms with Gasteiger partial charge < -0.3 is 14.7 Å². The van der Waals surface area contributed by atoms with E-state index in [-0.39, 0.29) is 6.61 Å². The fourth-order valence-electron chi connectivity index (χ4n) is 1.58. The van der Waals surface area contributed by atoms with Crippen molar-refractivity contribution in [1.29, 1.82) is 0 Å². The number of hydrogen-bond donors (Lipinski definition) is 1. The molecule has 1 N–H and O–H groups in total. The van der Waals surface area contributed by atoms with Crippen LogP contribution in [0.25, 0.3) is 0 Å². The van der Waals surface area contributed by atoms with Gasteiger partial charge in [0.05, 0.1) is 6.61 Å². The molecule has 17 heavy (non-hydrogen) atoms. The summed E-state index contributed by atoms with van der Waals surface area (Å²) in [4.78, 5) is 35.6. The van der Waals surface area contributed by atoms with Gasteiger partial charge in [-0.1, -0.05) is 0 Å². The predicted octanol–water partition coefficient (Wildman–Crippen LogP) is 0.261. The summed E-state index contributed by atoms with van der Waals surface area (Å²) in [5.41, 5.74) is -1.13. The van der Waals surface area contributed by atoms with E-state index in [0.29, 0.717) is 12.8 Å². The molecule has 0 heterocycles. The zero-order valence-corrected chi connectivity index (χ0v) is 10.2. The normalized spacial score (nSPS) is 18.1. The van der Waals surface area contributed by atoms with Gasteiger partial charge in [0.1, 0.15) is 11.5 Å². The molecule has 0 spiro atoms. The van der Waals surface area contributed by atoms with Gasteiger partial charge in [-0.05, 0) is 26.7 Å². The van der Waals surface area contributed by atoms with Crippen LogP contribution in [-0.4, -0.2) is 47.5 Å². The van der Waals surface area contributed by atoms with Gasteiger partial charge in [-0.15, -0.1) is 0 Å². The first-order valence-electron chi connectivity index (χ1n) is 5.54. The van der Waals surface area contributed by atoms with E-state index in [0.717, 1.165) is 4.90 Å². The third-order valence-electron chi connectivity index (χ3n) is 3.08. The van der Waals surface area contributed by atoms with E-state index in [1.165, 1.54) is 14.0 Å². The third-order valence-corrected chi connectivity index (χ3v) is 3.08. The fourth-order valence-corrected chi connectivity index (χ4v) is 1.58. The summed E-state index contributed by atoms with van der Waals surface area (Å²) in [6.45, 7) is 3.29. The molecule has 6 nitrogen and oxygen atoms in total. The number of amides is 1. The number of esters is 1. The van der Waals surface area contributed by atoms with E-state index in [1.807, 2.05) is 0 Å². The zero-order chi connectivity index (χ0) is 13.2. The maximum atomic E-state index is 12.1. The van der Waals surface area contributed by atoms with Crippen molar-refractivity contribution in [3.05, 3.63) is 0 Å². The molecule has 6 heteroatoms. The van der Waals surface area contributed by atoms with Crippen LogP contribution in [0.5, 0.6) is 0 Å². The monoisotopic (exact) mass is 243 g/mol. The molecule has 0 bridgehead atoms. The zero-order valence-electron chi connectivity index (χ0n) is 10.2. The van der Waals surface area contributed by atoms with E-state index in [2.05, 4.69) is 0 Å². The van der Waals surface area contributed by atoms with Crippen molar-refractivity contribution >= 4 is 17.8 Å². The van der Waals surface area contributed by atoms with Crippen LogP contribution in [0.15, 0.2) is 0 Å². The number of ether oxygens (including phenoxy) is 1. The minimum atomic E-state index is -1.13. The molecule has 1 atom stereocenters. The van der Waals surface area contributed by atoms with Gasteiger partial charge in [0.15, 0.2) is 0 Å². The van der Waals surface area contributed by atoms with Crippen LogP contribution in [0.4, 0.5) is 0 Å². The average Bonchev–Trinajstić information content (AvgIpc) is 3.07. The molecule has 0 aromatic rings. The minimum absolute atomic E-state index is 0.214. The Labute approximate surface area is 99.5 Å². The predicted molar refractivity (Wildman–Crippen MR) is 58.2 cm³/mol. The van der Waals surface area contributed by atoms with Crippen LogP contribution in [0.2, 0.25) is 0 Å². The molecule has 1 saturated carbocycles. The summed E-state index contributed by atoms with van der Waals surface area (Å²) < 4.78 is 4.85. The smallest absolute Gasteiger partial charge is 0.326 e. The van der Waals surface area contributed by atoms with Crippen molar-refractivity contribution in [3.63, 3.8) is 0 Å². The molecule has 1 aliphatic rings. The maximum absolute atomic E-state index is 12.1. The number of likely N-dealkylation sites (N-methyl/N-ethyl adjacent to an activating group) is 1. The van der Waals surface area contributed by atoms with Gasteiger partial charge in [-0.3, -0.25) is 9.59 Å². The van der Waals surface area contributed by atoms with E-state index >= 15 is 0 Å². The highest BCUT2D eigenvalue weighted by Gasteiger charge is 2.59. The standard InChI is InChI=1S/C11H17NO5/c1-4-17-10(16)11(5-6-11)9(15)12(3)7(2)8(13)14/h7H,4-6H2,1-3H3,(H,13,14). The Morgan fingerprint density at radius 2 is 1.94 bits per heavy atom. The summed E-state index contributed by atoms with van der Waals surface area (Å²) in [5, 5.41) is 8.82. The second-order valence-corrected chi connectivity index (χ2v) is 4.23. The first kappa shape index (κ1) is 13.5. The molecule has 96 valence electrons. The number of hydrogen-bond acceptors (Lipinski definition) is 4. The van der Waals surface area contributed by atoms with Crippen LogP contribution in [0.1, 0.15) is 26.7 Å². The summed E-state index contributed by atoms with van der Waals surface area (Å²) >= 11 is 0. The second-order valence-electron chi connectivity index (χ2n) is 4.23. The molecule has 1 fully saturated rings. The highest BCUT2D eigenvalue weighted by Crippen LogP contribution is 2.48. The molecular formula is C11H17NO5. The molecular weight excluding hydrogens is 226 g/mol. The van der Waals surface area contributed by atoms with Crippen molar-refractivity contribution in [1.82, 2.24) is 4.90 Å². The Hall–Kier alpha value is -1.59. The van der Waals surface area contributed by atoms with E-state index in [1.54, 1.807) is 6.92 Å². The topological polar surface area (TPSA) is 83.9 Å². The Bertz CT molecular complexity index is 348. The Morgan fingerprint density at radius 3 is 2.29 bits per heavy atom. The Kier molecular flexibility index (Phi) is 3.75. The van der Waals surface area contributed by atoms with Crippen LogP contribution >= 0.6 is 0 Å². The number of nitrogens with zero attached hydrogens (tertiary/aromatic N) is 1. The van der Waals surface area contributed by atoms with E-state index in [4.69, 9.17) is 9.84 Å². The molecule has 0 radical (unpaired) electrons. The van der Waals surface area contributed by atoms with Gasteiger partial charge >= 0.3 is 11.9 Å². The number of carbonyl (C=O) groups excluding carboxylic acids is 2. The molecule has 0 aromatic carbocycles. The Balaban J connectivity index is 2.76. The lowest BCUT2D eigenvalue weighted by Crippen LogP contribution is -2.46. The molecule has 1 rings (SSSR count). The quantitative estimate of drug-likeness (QED) is 0.553. The number of aliphatic carboxylic acids is 1. The number of carbonyl (C=O) groups is 3. The summed E-state index contributed by atoms with van der Waals surface area (Å²) in [7, 11) is 1.39. The van der Waals surface area contributed by atoms with Gasteiger partial charge in [-0.25, -0.2) is 4.79 Å². The van der Waals surface area contributed by atoms with Crippen molar-refractivity contribution in [2.24, 2.45) is 5.41 Å². The number of carboxylic acid groups (broad SMARTS) is 1. The largest absolute Gasteiger partial charge is 0.480 e. The Morgan fingerprint density at radius 1 is 1.41 bits per heavy atom.